The predicted molar refractivity (Wildman–Crippen MR) is 79.8 cm³/mol. The number of benzene rings is 1. The maximum Gasteiger partial charge on any atom is 0.259 e. The smallest absolute Gasteiger partial charge is 0.259 e. The Morgan fingerprint density at radius 1 is 1.20 bits per heavy atom. The van der Waals surface area contributed by atoms with Crippen molar-refractivity contribution in [2.75, 3.05) is 5.73 Å². The average Bonchev–Trinajstić information content (AvgIpc) is 2.88. The van der Waals surface area contributed by atoms with Crippen molar-refractivity contribution in [3.63, 3.8) is 0 Å². The quantitative estimate of drug-likeness (QED) is 0.778. The van der Waals surface area contributed by atoms with E-state index in [-0.39, 0.29) is 0 Å². The monoisotopic (exact) mass is 330 g/mol. The Labute approximate surface area is 124 Å². The van der Waals surface area contributed by atoms with Crippen molar-refractivity contribution < 1.29 is 4.52 Å². The van der Waals surface area contributed by atoms with Crippen LogP contribution in [-0.2, 0) is 0 Å². The number of pyridine rings is 1. The van der Waals surface area contributed by atoms with Crippen LogP contribution in [-0.4, -0.2) is 15.1 Å². The summed E-state index contributed by atoms with van der Waals surface area (Å²) in [7, 11) is 0. The van der Waals surface area contributed by atoms with Gasteiger partial charge in [0.25, 0.3) is 5.89 Å². The lowest BCUT2D eigenvalue weighted by atomic mass is 10.1. The van der Waals surface area contributed by atoms with Gasteiger partial charge in [-0.25, -0.2) is 0 Å². The van der Waals surface area contributed by atoms with E-state index in [2.05, 4.69) is 31.1 Å². The van der Waals surface area contributed by atoms with E-state index in [1.165, 1.54) is 0 Å². The molecule has 2 N–H and O–H groups in total. The zero-order chi connectivity index (χ0) is 14.1. The first-order valence-corrected chi connectivity index (χ1v) is 6.74. The summed E-state index contributed by atoms with van der Waals surface area (Å²) in [5.74, 6) is 0.953. The predicted octanol–water partition coefficient (Wildman–Crippen LogP) is 3.45. The van der Waals surface area contributed by atoms with Crippen LogP contribution in [0.2, 0.25) is 0 Å². The topological polar surface area (TPSA) is 77.8 Å². The number of halogens is 1. The molecule has 5 nitrogen and oxygen atoms in total. The Kier molecular flexibility index (Phi) is 3.23. The third-order valence-corrected chi connectivity index (χ3v) is 3.35. The summed E-state index contributed by atoms with van der Waals surface area (Å²) in [6, 6.07) is 7.65. The average molecular weight is 331 g/mol. The van der Waals surface area contributed by atoms with Gasteiger partial charge in [0.15, 0.2) is 0 Å². The van der Waals surface area contributed by atoms with Crippen LogP contribution < -0.4 is 5.73 Å². The molecule has 0 saturated heterocycles. The number of aryl methyl sites for hydroxylation is 1. The van der Waals surface area contributed by atoms with Gasteiger partial charge < -0.3 is 10.3 Å². The standard InChI is InChI=1S/C14H11BrN4O/c1-8-4-10(15)2-3-12(8)13-18-14(20-19-13)9-5-11(16)7-17-6-9/h2-7H,16H2,1H3. The van der Waals surface area contributed by atoms with E-state index in [1.807, 2.05) is 25.1 Å². The third-order valence-electron chi connectivity index (χ3n) is 2.86. The third kappa shape index (κ3) is 2.42. The van der Waals surface area contributed by atoms with Gasteiger partial charge in [-0.3, -0.25) is 4.98 Å². The molecule has 20 heavy (non-hydrogen) atoms. The minimum atomic E-state index is 0.405. The number of rotatable bonds is 2. The molecule has 3 aromatic rings. The molecule has 0 radical (unpaired) electrons. The van der Waals surface area contributed by atoms with Gasteiger partial charge in [0, 0.05) is 22.4 Å². The zero-order valence-electron chi connectivity index (χ0n) is 10.7. The fraction of sp³-hybridized carbons (Fsp3) is 0.0714. The lowest BCUT2D eigenvalue weighted by Gasteiger charge is -2.00. The minimum Gasteiger partial charge on any atom is -0.397 e. The van der Waals surface area contributed by atoms with Gasteiger partial charge >= 0.3 is 0 Å². The molecule has 0 aliphatic heterocycles. The van der Waals surface area contributed by atoms with E-state index >= 15 is 0 Å². The van der Waals surface area contributed by atoms with Gasteiger partial charge in [-0.15, -0.1) is 0 Å². The summed E-state index contributed by atoms with van der Waals surface area (Å²) in [5.41, 5.74) is 8.96. The molecular formula is C14H11BrN4O. The minimum absolute atomic E-state index is 0.405. The van der Waals surface area contributed by atoms with E-state index in [4.69, 9.17) is 10.3 Å². The summed E-state index contributed by atoms with van der Waals surface area (Å²) < 4.78 is 6.29. The van der Waals surface area contributed by atoms with E-state index < -0.39 is 0 Å². The van der Waals surface area contributed by atoms with Crippen molar-refractivity contribution in [1.82, 2.24) is 15.1 Å². The molecule has 6 heteroatoms. The van der Waals surface area contributed by atoms with E-state index in [0.29, 0.717) is 23.0 Å². The molecule has 0 aliphatic rings. The van der Waals surface area contributed by atoms with Gasteiger partial charge in [0.1, 0.15) is 0 Å². The van der Waals surface area contributed by atoms with Gasteiger partial charge in [-0.05, 0) is 36.8 Å². The van der Waals surface area contributed by atoms with Crippen molar-refractivity contribution in [2.45, 2.75) is 6.92 Å². The molecule has 1 aromatic carbocycles. The van der Waals surface area contributed by atoms with Crippen LogP contribution in [0.1, 0.15) is 5.56 Å². The molecule has 2 heterocycles. The number of hydrogen-bond acceptors (Lipinski definition) is 5. The first-order valence-electron chi connectivity index (χ1n) is 5.94. The number of nitrogens with two attached hydrogens (primary N) is 1. The highest BCUT2D eigenvalue weighted by Crippen LogP contribution is 2.26. The SMILES string of the molecule is Cc1cc(Br)ccc1-c1noc(-c2cncc(N)c2)n1. The van der Waals surface area contributed by atoms with E-state index in [0.717, 1.165) is 15.6 Å². The van der Waals surface area contributed by atoms with Crippen LogP contribution in [0.5, 0.6) is 0 Å². The van der Waals surface area contributed by atoms with E-state index in [1.54, 1.807) is 18.5 Å². The lowest BCUT2D eigenvalue weighted by Crippen LogP contribution is -1.88. The number of nitrogens with zero attached hydrogens (tertiary/aromatic N) is 3. The van der Waals surface area contributed by atoms with Crippen LogP contribution in [0.4, 0.5) is 5.69 Å². The molecule has 0 aliphatic carbocycles. The summed E-state index contributed by atoms with van der Waals surface area (Å²) in [6.45, 7) is 2.00. The maximum absolute atomic E-state index is 5.70. The summed E-state index contributed by atoms with van der Waals surface area (Å²) in [5, 5.41) is 4.01. The van der Waals surface area contributed by atoms with Crippen molar-refractivity contribution >= 4 is 21.6 Å². The van der Waals surface area contributed by atoms with Crippen LogP contribution in [0.15, 0.2) is 45.7 Å². The molecule has 3 rings (SSSR count). The Morgan fingerprint density at radius 3 is 2.80 bits per heavy atom. The van der Waals surface area contributed by atoms with Crippen molar-refractivity contribution in [2.24, 2.45) is 0 Å². The number of anilines is 1. The van der Waals surface area contributed by atoms with Crippen LogP contribution >= 0.6 is 15.9 Å². The molecule has 0 atom stereocenters. The zero-order valence-corrected chi connectivity index (χ0v) is 12.3. The highest BCUT2D eigenvalue weighted by Gasteiger charge is 2.13. The molecule has 0 fully saturated rings. The second kappa shape index (κ2) is 5.05. The fourth-order valence-electron chi connectivity index (χ4n) is 1.90. The summed E-state index contributed by atoms with van der Waals surface area (Å²) >= 11 is 3.43. The van der Waals surface area contributed by atoms with Gasteiger partial charge in [-0.2, -0.15) is 4.98 Å². The number of aromatic nitrogens is 3. The normalized spacial score (nSPS) is 10.7. The first-order chi connectivity index (χ1) is 9.63. The van der Waals surface area contributed by atoms with Crippen LogP contribution in [0.3, 0.4) is 0 Å². The molecule has 0 spiro atoms. The van der Waals surface area contributed by atoms with Gasteiger partial charge in [0.2, 0.25) is 5.82 Å². The van der Waals surface area contributed by atoms with Crippen LogP contribution in [0.25, 0.3) is 22.8 Å². The largest absolute Gasteiger partial charge is 0.397 e. The lowest BCUT2D eigenvalue weighted by molar-refractivity contribution is 0.432. The Bertz CT molecular complexity index is 769. The number of nitrogen functional groups attached to an aromatic ring is 1. The van der Waals surface area contributed by atoms with Crippen molar-refractivity contribution in [3.8, 4) is 22.8 Å². The van der Waals surface area contributed by atoms with Crippen molar-refractivity contribution in [3.05, 3.63) is 46.7 Å². The Morgan fingerprint density at radius 2 is 2.05 bits per heavy atom. The van der Waals surface area contributed by atoms with Gasteiger partial charge in [-0.1, -0.05) is 21.1 Å². The highest BCUT2D eigenvalue weighted by atomic mass is 79.9. The first kappa shape index (κ1) is 12.8. The number of hydrogen-bond donors (Lipinski definition) is 1. The molecule has 0 unspecified atom stereocenters. The molecular weight excluding hydrogens is 320 g/mol. The molecule has 2 aromatic heterocycles. The summed E-state index contributed by atoms with van der Waals surface area (Å²) in [4.78, 5) is 8.41. The molecule has 0 bridgehead atoms. The molecule has 0 amide bonds. The summed E-state index contributed by atoms with van der Waals surface area (Å²) in [6.07, 6.45) is 3.21. The Balaban J connectivity index is 2.02. The van der Waals surface area contributed by atoms with Crippen LogP contribution in [0, 0.1) is 6.92 Å². The molecule has 0 saturated carbocycles. The fourth-order valence-corrected chi connectivity index (χ4v) is 2.38. The molecule has 100 valence electrons. The van der Waals surface area contributed by atoms with Crippen molar-refractivity contribution in [1.29, 1.82) is 0 Å². The Hall–Kier alpha value is -2.21. The van der Waals surface area contributed by atoms with Gasteiger partial charge in [0.05, 0.1) is 11.3 Å². The second-order valence-corrected chi connectivity index (χ2v) is 5.31. The second-order valence-electron chi connectivity index (χ2n) is 4.39. The maximum atomic E-state index is 5.70. The highest BCUT2D eigenvalue weighted by molar-refractivity contribution is 9.10. The van der Waals surface area contributed by atoms with E-state index in [9.17, 15) is 0 Å².